The van der Waals surface area contributed by atoms with Crippen LogP contribution in [0.15, 0.2) is 0 Å². The van der Waals surface area contributed by atoms with Gasteiger partial charge in [0.05, 0.1) is 36.6 Å². The van der Waals surface area contributed by atoms with E-state index in [9.17, 15) is 14.7 Å². The van der Waals surface area contributed by atoms with Gasteiger partial charge in [0.15, 0.2) is 0 Å². The lowest BCUT2D eigenvalue weighted by atomic mass is 10.1. The summed E-state index contributed by atoms with van der Waals surface area (Å²) in [5.74, 6) is 0. The first-order valence-corrected chi connectivity index (χ1v) is 9.95. The Kier molecular flexibility index (Phi) is 25.4. The maximum absolute atomic E-state index is 9.56. The molecule has 0 aromatic rings. The second kappa shape index (κ2) is 22.4. The number of aliphatic hydroxyl groups is 6. The molecule has 5 atom stereocenters. The number of aliphatic hydroxyl groups excluding tert-OH is 6. The quantitative estimate of drug-likeness (QED) is 0.192. The van der Waals surface area contributed by atoms with Crippen LogP contribution in [0.3, 0.4) is 0 Å². The molecule has 0 bridgehead atoms. The topological polar surface area (TPSA) is 156 Å². The first kappa shape index (κ1) is 31.8. The molecule has 8 heteroatoms. The molecule has 6 N–H and O–H groups in total. The van der Waals surface area contributed by atoms with E-state index in [-0.39, 0.29) is 0 Å². The van der Waals surface area contributed by atoms with E-state index < -0.39 is 36.6 Å². The number of carbonyl (C=O) groups is 2. The van der Waals surface area contributed by atoms with Crippen LogP contribution in [0, 0.1) is 0 Å². The standard InChI is InChI=1S/C8H18O3.C7H16O3.C5H8O2/c1-3-7(10)5-8(11)4-6(2)9;1-5(8)3-7(10)4-6(2)9;6-4-2-1-3-5-7/h6-11H,3-5H2,1-2H3;5-10H,3-4H2,1-2H3;4-5H,1-3H2. The van der Waals surface area contributed by atoms with Gasteiger partial charge in [-0.2, -0.15) is 0 Å². The molecule has 0 aliphatic heterocycles. The van der Waals surface area contributed by atoms with Crippen molar-refractivity contribution in [3.05, 3.63) is 0 Å². The van der Waals surface area contributed by atoms with Crippen molar-refractivity contribution in [1.29, 1.82) is 0 Å². The normalized spacial score (nSPS) is 16.8. The highest BCUT2D eigenvalue weighted by Gasteiger charge is 2.12. The van der Waals surface area contributed by atoms with E-state index in [0.29, 0.717) is 51.4 Å². The van der Waals surface area contributed by atoms with Crippen LogP contribution in [0.1, 0.15) is 79.1 Å². The predicted octanol–water partition coefficient (Wildman–Crippen LogP) is 0.723. The summed E-state index contributed by atoms with van der Waals surface area (Å²) in [5, 5.41) is 53.8. The maximum atomic E-state index is 9.56. The zero-order valence-electron chi connectivity index (χ0n) is 17.8. The van der Waals surface area contributed by atoms with Gasteiger partial charge in [0.1, 0.15) is 12.6 Å². The van der Waals surface area contributed by atoms with Crippen LogP contribution in [0.5, 0.6) is 0 Å². The van der Waals surface area contributed by atoms with E-state index in [2.05, 4.69) is 0 Å². The molecular weight excluding hydrogens is 368 g/mol. The summed E-state index contributed by atoms with van der Waals surface area (Å²) in [7, 11) is 0. The van der Waals surface area contributed by atoms with Crippen LogP contribution >= 0.6 is 0 Å². The molecule has 0 rings (SSSR count). The second-order valence-electron chi connectivity index (χ2n) is 7.12. The van der Waals surface area contributed by atoms with E-state index in [1.165, 1.54) is 0 Å². The van der Waals surface area contributed by atoms with Gasteiger partial charge in [-0.1, -0.05) is 6.92 Å². The second-order valence-corrected chi connectivity index (χ2v) is 7.12. The van der Waals surface area contributed by atoms with Gasteiger partial charge in [0.2, 0.25) is 0 Å². The van der Waals surface area contributed by atoms with Crippen LogP contribution in [0.4, 0.5) is 0 Å². The Morgan fingerprint density at radius 1 is 0.607 bits per heavy atom. The highest BCUT2D eigenvalue weighted by molar-refractivity contribution is 5.52. The lowest BCUT2D eigenvalue weighted by Crippen LogP contribution is -2.20. The molecular formula is C20H42O8. The highest BCUT2D eigenvalue weighted by atomic mass is 16.3. The van der Waals surface area contributed by atoms with Gasteiger partial charge in [-0.15, -0.1) is 0 Å². The van der Waals surface area contributed by atoms with Gasteiger partial charge in [0.25, 0.3) is 0 Å². The summed E-state index contributed by atoms with van der Waals surface area (Å²) in [6.45, 7) is 6.72. The van der Waals surface area contributed by atoms with Gasteiger partial charge in [-0.05, 0) is 59.3 Å². The van der Waals surface area contributed by atoms with E-state index in [1.54, 1.807) is 20.8 Å². The maximum Gasteiger partial charge on any atom is 0.120 e. The summed E-state index contributed by atoms with van der Waals surface area (Å²) >= 11 is 0. The minimum Gasteiger partial charge on any atom is -0.393 e. The lowest BCUT2D eigenvalue weighted by molar-refractivity contribution is -0.108. The van der Waals surface area contributed by atoms with Crippen LogP contribution in [0.25, 0.3) is 0 Å². The third-order valence-corrected chi connectivity index (χ3v) is 3.50. The Bertz CT molecular complexity index is 316. The monoisotopic (exact) mass is 410 g/mol. The Morgan fingerprint density at radius 3 is 1.18 bits per heavy atom. The molecule has 0 amide bonds. The number of rotatable bonds is 13. The van der Waals surface area contributed by atoms with E-state index in [4.69, 9.17) is 25.5 Å². The molecule has 0 fully saturated rings. The minimum atomic E-state index is -0.583. The third kappa shape index (κ3) is 32.7. The van der Waals surface area contributed by atoms with Crippen molar-refractivity contribution in [1.82, 2.24) is 0 Å². The summed E-state index contributed by atoms with van der Waals surface area (Å²) in [4.78, 5) is 19.1. The molecule has 0 spiro atoms. The number of carbonyl (C=O) groups excluding carboxylic acids is 2. The predicted molar refractivity (Wildman–Crippen MR) is 108 cm³/mol. The highest BCUT2D eigenvalue weighted by Crippen LogP contribution is 2.07. The smallest absolute Gasteiger partial charge is 0.120 e. The first-order valence-electron chi connectivity index (χ1n) is 9.95. The Labute approximate surface area is 169 Å². The molecule has 0 aliphatic carbocycles. The molecule has 0 radical (unpaired) electrons. The number of hydrogen-bond donors (Lipinski definition) is 6. The number of aldehydes is 2. The summed E-state index contributed by atoms with van der Waals surface area (Å²) in [5.41, 5.74) is 0. The summed E-state index contributed by atoms with van der Waals surface area (Å²) < 4.78 is 0. The van der Waals surface area contributed by atoms with Gasteiger partial charge < -0.3 is 40.2 Å². The van der Waals surface area contributed by atoms with Crippen molar-refractivity contribution in [2.24, 2.45) is 0 Å². The van der Waals surface area contributed by atoms with Crippen LogP contribution < -0.4 is 0 Å². The summed E-state index contributed by atoms with van der Waals surface area (Å²) in [6, 6.07) is 0. The fourth-order valence-corrected chi connectivity index (χ4v) is 2.14. The van der Waals surface area contributed by atoms with Gasteiger partial charge in [0, 0.05) is 12.8 Å². The third-order valence-electron chi connectivity index (χ3n) is 3.50. The van der Waals surface area contributed by atoms with Crippen LogP contribution in [0.2, 0.25) is 0 Å². The zero-order valence-corrected chi connectivity index (χ0v) is 17.8. The molecule has 0 saturated carbocycles. The van der Waals surface area contributed by atoms with Crippen molar-refractivity contribution in [2.45, 2.75) is 116 Å². The Morgan fingerprint density at radius 2 is 0.929 bits per heavy atom. The molecule has 8 nitrogen and oxygen atoms in total. The van der Waals surface area contributed by atoms with Crippen molar-refractivity contribution in [3.63, 3.8) is 0 Å². The van der Waals surface area contributed by atoms with Gasteiger partial charge in [-0.3, -0.25) is 0 Å². The van der Waals surface area contributed by atoms with Gasteiger partial charge in [-0.25, -0.2) is 0 Å². The average molecular weight is 411 g/mol. The molecule has 0 aliphatic rings. The van der Waals surface area contributed by atoms with Crippen molar-refractivity contribution in [2.75, 3.05) is 0 Å². The number of hydrogen-bond acceptors (Lipinski definition) is 8. The summed E-state index contributed by atoms with van der Waals surface area (Å²) in [6.07, 6.45) is 2.33. The first-order chi connectivity index (χ1) is 13.0. The van der Waals surface area contributed by atoms with E-state index >= 15 is 0 Å². The molecule has 0 saturated heterocycles. The fraction of sp³-hybridized carbons (Fsp3) is 0.900. The molecule has 0 aromatic heterocycles. The van der Waals surface area contributed by atoms with Crippen LogP contribution in [-0.4, -0.2) is 79.8 Å². The molecule has 5 unspecified atom stereocenters. The molecule has 0 heterocycles. The Balaban J connectivity index is -0.000000343. The van der Waals surface area contributed by atoms with E-state index in [1.807, 2.05) is 6.92 Å². The SMILES string of the molecule is CC(O)CC(O)CC(C)O.CCC(O)CC(O)CC(C)O.O=CCCCC=O. The molecule has 0 aromatic carbocycles. The molecule has 170 valence electrons. The van der Waals surface area contributed by atoms with Crippen molar-refractivity contribution in [3.8, 4) is 0 Å². The van der Waals surface area contributed by atoms with Gasteiger partial charge >= 0.3 is 0 Å². The van der Waals surface area contributed by atoms with E-state index in [0.717, 1.165) is 12.6 Å². The average Bonchev–Trinajstić information content (AvgIpc) is 2.54. The number of unbranched alkanes of at least 4 members (excludes halogenated alkanes) is 2. The molecule has 28 heavy (non-hydrogen) atoms. The fourth-order valence-electron chi connectivity index (χ4n) is 2.14. The van der Waals surface area contributed by atoms with Crippen molar-refractivity contribution >= 4 is 12.6 Å². The van der Waals surface area contributed by atoms with Crippen molar-refractivity contribution < 1.29 is 40.2 Å². The Hall–Kier alpha value is -0.900. The lowest BCUT2D eigenvalue weighted by Gasteiger charge is -2.15. The minimum absolute atomic E-state index is 0.338. The zero-order chi connectivity index (χ0) is 22.5. The largest absolute Gasteiger partial charge is 0.393 e. The van der Waals surface area contributed by atoms with Crippen LogP contribution in [-0.2, 0) is 9.59 Å².